The van der Waals surface area contributed by atoms with Gasteiger partial charge in [-0.2, -0.15) is 0 Å². The Bertz CT molecular complexity index is 983. The Morgan fingerprint density at radius 3 is 1.03 bits per heavy atom. The van der Waals surface area contributed by atoms with Gasteiger partial charge in [-0.05, 0) is 36.4 Å². The summed E-state index contributed by atoms with van der Waals surface area (Å²) in [4.78, 5) is 37.2. The average molecular weight is 437 g/mol. The van der Waals surface area contributed by atoms with E-state index in [-0.39, 0.29) is 0 Å². The normalized spacial score (nSPS) is 10.5. The summed E-state index contributed by atoms with van der Waals surface area (Å²) in [5, 5.41) is 0. The number of esters is 3. The van der Waals surface area contributed by atoms with Gasteiger partial charge >= 0.3 is 17.9 Å². The van der Waals surface area contributed by atoms with Gasteiger partial charge in [-0.25, -0.2) is 0 Å². The smallest absolute Gasteiger partial charge is 0.308 e. The van der Waals surface area contributed by atoms with Gasteiger partial charge in [0.25, 0.3) is 0 Å². The van der Waals surface area contributed by atoms with E-state index in [0.29, 0.717) is 31.9 Å². The summed E-state index contributed by atoms with van der Waals surface area (Å²) in [5.41, 5.74) is 0. The Hall–Kier alpha value is -3.58. The average Bonchev–Trinajstić information content (AvgIpc) is 2.70. The van der Waals surface area contributed by atoms with E-state index in [9.17, 15) is 14.4 Å². The van der Waals surface area contributed by atoms with Crippen LogP contribution < -0.4 is 14.2 Å². The maximum Gasteiger partial charge on any atom is 0.308 e. The van der Waals surface area contributed by atoms with Crippen LogP contribution in [0.4, 0.5) is 0 Å². The molecule has 6 nitrogen and oxygen atoms in total. The fraction of sp³-hybridized carbons (Fsp3) is 0.125. The molecule has 3 aromatic rings. The van der Waals surface area contributed by atoms with Crippen LogP contribution in [0, 0.1) is 0 Å². The maximum absolute atomic E-state index is 11.7. The maximum atomic E-state index is 11.7. The molecule has 0 aliphatic rings. The van der Waals surface area contributed by atoms with Crippen LogP contribution in [0.25, 0.3) is 0 Å². The molecule has 0 heterocycles. The second kappa shape index (κ2) is 9.95. The van der Waals surface area contributed by atoms with E-state index < -0.39 is 28.8 Å². The molecule has 0 bridgehead atoms. The summed E-state index contributed by atoms with van der Waals surface area (Å²) in [5.74, 6) is -0.275. The predicted octanol–water partition coefficient (Wildman–Crippen LogP) is 4.56. The number of carbonyl (C=O) groups is 3. The van der Waals surface area contributed by atoms with Gasteiger partial charge in [0.2, 0.25) is 14.7 Å². The van der Waals surface area contributed by atoms with Crippen molar-refractivity contribution in [3.8, 4) is 17.2 Å². The van der Waals surface area contributed by atoms with Gasteiger partial charge in [-0.3, -0.25) is 14.4 Å². The first kappa shape index (κ1) is 22.1. The van der Waals surface area contributed by atoms with Crippen LogP contribution in [0.3, 0.4) is 0 Å². The lowest BCUT2D eigenvalue weighted by molar-refractivity contribution is -0.133. The highest BCUT2D eigenvalue weighted by Gasteiger charge is 2.38. The standard InChI is InChI=1S/C24H21O6S/c1-16(25)28-19-10-4-7-13-22(19)31(23-14-8-5-11-20(23)29-17(2)26)24-15-9-6-12-21(24)30-18(3)27/h4-15H,1-3H3/q+1. The fourth-order valence-corrected chi connectivity index (χ4v) is 5.22. The van der Waals surface area contributed by atoms with E-state index in [1.54, 1.807) is 36.4 Å². The zero-order valence-electron chi connectivity index (χ0n) is 17.3. The summed E-state index contributed by atoms with van der Waals surface area (Å²) in [7, 11) is -0.930. The van der Waals surface area contributed by atoms with Crippen molar-refractivity contribution < 1.29 is 28.6 Å². The summed E-state index contributed by atoms with van der Waals surface area (Å²) in [6.45, 7) is 3.98. The van der Waals surface area contributed by atoms with Gasteiger partial charge in [0, 0.05) is 20.8 Å². The first-order chi connectivity index (χ1) is 14.9. The minimum absolute atomic E-state index is 0.369. The molecule has 7 heteroatoms. The Morgan fingerprint density at radius 1 is 0.516 bits per heavy atom. The SMILES string of the molecule is CC(=O)Oc1ccccc1[S+](c1ccccc1OC(C)=O)c1ccccc1OC(C)=O. The predicted molar refractivity (Wildman–Crippen MR) is 115 cm³/mol. The van der Waals surface area contributed by atoms with Gasteiger partial charge in [0.1, 0.15) is 10.9 Å². The summed E-state index contributed by atoms with van der Waals surface area (Å²) >= 11 is 0. The van der Waals surface area contributed by atoms with Gasteiger partial charge < -0.3 is 14.2 Å². The molecular formula is C24H21O6S+. The van der Waals surface area contributed by atoms with Crippen molar-refractivity contribution in [2.24, 2.45) is 0 Å². The quantitative estimate of drug-likeness (QED) is 0.320. The highest BCUT2D eigenvalue weighted by atomic mass is 32.2. The molecule has 0 amide bonds. The third kappa shape index (κ3) is 5.52. The summed E-state index contributed by atoms with van der Waals surface area (Å²) in [6.07, 6.45) is 0. The van der Waals surface area contributed by atoms with E-state index in [1.807, 2.05) is 36.4 Å². The Kier molecular flexibility index (Phi) is 7.10. The summed E-state index contributed by atoms with van der Waals surface area (Å²) < 4.78 is 16.4. The Morgan fingerprint density at radius 2 is 0.774 bits per heavy atom. The lowest BCUT2D eigenvalue weighted by atomic mass is 10.3. The van der Waals surface area contributed by atoms with Crippen molar-refractivity contribution in [2.75, 3.05) is 0 Å². The molecule has 0 saturated carbocycles. The second-order valence-corrected chi connectivity index (χ2v) is 8.36. The number of hydrogen-bond acceptors (Lipinski definition) is 6. The van der Waals surface area contributed by atoms with Crippen LogP contribution in [0.15, 0.2) is 87.5 Å². The lowest BCUT2D eigenvalue weighted by Gasteiger charge is -2.15. The van der Waals surface area contributed by atoms with E-state index in [2.05, 4.69) is 0 Å². The van der Waals surface area contributed by atoms with Crippen LogP contribution in [0.2, 0.25) is 0 Å². The van der Waals surface area contributed by atoms with Gasteiger partial charge in [-0.1, -0.05) is 36.4 Å². The molecule has 158 valence electrons. The number of rotatable bonds is 6. The fourth-order valence-electron chi connectivity index (χ4n) is 2.93. The van der Waals surface area contributed by atoms with Crippen LogP contribution in [0.1, 0.15) is 20.8 Å². The van der Waals surface area contributed by atoms with Crippen molar-refractivity contribution >= 4 is 28.8 Å². The van der Waals surface area contributed by atoms with Crippen molar-refractivity contribution in [3.05, 3.63) is 72.8 Å². The van der Waals surface area contributed by atoms with Crippen LogP contribution in [0.5, 0.6) is 17.2 Å². The van der Waals surface area contributed by atoms with Crippen LogP contribution in [-0.4, -0.2) is 17.9 Å². The molecule has 0 fully saturated rings. The Balaban J connectivity index is 2.30. The third-order valence-corrected chi connectivity index (χ3v) is 6.30. The molecular weight excluding hydrogens is 416 g/mol. The Labute approximate surface area is 183 Å². The van der Waals surface area contributed by atoms with E-state index in [1.165, 1.54) is 20.8 Å². The number of ether oxygens (including phenoxy) is 3. The summed E-state index contributed by atoms with van der Waals surface area (Å²) in [6, 6.07) is 21.3. The third-order valence-electron chi connectivity index (χ3n) is 3.97. The topological polar surface area (TPSA) is 78.9 Å². The molecule has 0 spiro atoms. The molecule has 3 aromatic carbocycles. The highest BCUT2D eigenvalue weighted by molar-refractivity contribution is 7.97. The monoisotopic (exact) mass is 437 g/mol. The molecule has 0 N–H and O–H groups in total. The van der Waals surface area contributed by atoms with Crippen LogP contribution in [-0.2, 0) is 25.3 Å². The largest absolute Gasteiger partial charge is 0.421 e. The van der Waals surface area contributed by atoms with E-state index in [4.69, 9.17) is 14.2 Å². The molecule has 0 aliphatic carbocycles. The minimum atomic E-state index is -0.930. The van der Waals surface area contributed by atoms with Crippen LogP contribution >= 0.6 is 0 Å². The molecule has 0 aromatic heterocycles. The zero-order chi connectivity index (χ0) is 22.4. The van der Waals surface area contributed by atoms with Crippen molar-refractivity contribution in [1.29, 1.82) is 0 Å². The highest BCUT2D eigenvalue weighted by Crippen LogP contribution is 2.43. The first-order valence-electron chi connectivity index (χ1n) is 9.43. The molecule has 0 aliphatic heterocycles. The van der Waals surface area contributed by atoms with E-state index in [0.717, 1.165) is 0 Å². The minimum Gasteiger partial charge on any atom is -0.421 e. The van der Waals surface area contributed by atoms with Crippen molar-refractivity contribution in [2.45, 2.75) is 35.5 Å². The van der Waals surface area contributed by atoms with Gasteiger partial charge in [-0.15, -0.1) is 0 Å². The van der Waals surface area contributed by atoms with Crippen molar-refractivity contribution in [3.63, 3.8) is 0 Å². The van der Waals surface area contributed by atoms with Crippen molar-refractivity contribution in [1.82, 2.24) is 0 Å². The number of hydrogen-bond donors (Lipinski definition) is 0. The first-order valence-corrected chi connectivity index (χ1v) is 10.7. The molecule has 0 saturated heterocycles. The molecule has 0 radical (unpaired) electrons. The lowest BCUT2D eigenvalue weighted by Crippen LogP contribution is -2.14. The number of carbonyl (C=O) groups excluding carboxylic acids is 3. The zero-order valence-corrected chi connectivity index (χ0v) is 18.1. The molecule has 31 heavy (non-hydrogen) atoms. The molecule has 3 rings (SSSR count). The van der Waals surface area contributed by atoms with Gasteiger partial charge in [0.05, 0.1) is 0 Å². The van der Waals surface area contributed by atoms with Gasteiger partial charge in [0.15, 0.2) is 17.2 Å². The number of para-hydroxylation sites is 3. The van der Waals surface area contributed by atoms with E-state index >= 15 is 0 Å². The molecule has 0 atom stereocenters. The number of benzene rings is 3. The molecule has 0 unspecified atom stereocenters. The second-order valence-electron chi connectivity index (χ2n) is 6.43.